The van der Waals surface area contributed by atoms with Crippen LogP contribution in [0.4, 0.5) is 0 Å². The maximum atomic E-state index is 10.6. The van der Waals surface area contributed by atoms with E-state index in [4.69, 9.17) is 9.31 Å². The molecule has 36 heavy (non-hydrogen) atoms. The van der Waals surface area contributed by atoms with Gasteiger partial charge in [0.15, 0.2) is 0 Å². The zero-order chi connectivity index (χ0) is 26.9. The molecular weight excluding hydrogens is 443 g/mol. The normalized spacial score (nSPS) is 17.1. The van der Waals surface area contributed by atoms with Gasteiger partial charge in [-0.3, -0.25) is 0 Å². The third-order valence-corrected chi connectivity index (χ3v) is 8.92. The van der Waals surface area contributed by atoms with Gasteiger partial charge >= 0.3 is 7.12 Å². The van der Waals surface area contributed by atoms with Crippen molar-refractivity contribution in [3.63, 3.8) is 0 Å². The Labute approximate surface area is 220 Å². The van der Waals surface area contributed by atoms with Crippen LogP contribution in [0.15, 0.2) is 36.4 Å². The van der Waals surface area contributed by atoms with Crippen molar-refractivity contribution in [2.75, 3.05) is 0 Å². The van der Waals surface area contributed by atoms with Crippen molar-refractivity contribution in [2.24, 2.45) is 0 Å². The van der Waals surface area contributed by atoms with Crippen molar-refractivity contribution in [2.45, 2.75) is 117 Å². The van der Waals surface area contributed by atoms with Crippen molar-refractivity contribution >= 4 is 12.6 Å². The van der Waals surface area contributed by atoms with Crippen LogP contribution in [0.2, 0.25) is 0 Å². The standard InChI is InChI=1S/C32H45BO3/c1-11-31(34,12-2)20-19-25-15-16-26(21-23(25)5)32(13-3,14-4)27-17-18-28(24(6)22-27)33-35-29(7,8)30(9,10)36-33/h15-18,21-22,34H,11-14H2,1-10H3. The minimum absolute atomic E-state index is 0.0937. The third kappa shape index (κ3) is 5.17. The van der Waals surface area contributed by atoms with Gasteiger partial charge in [-0.05, 0) is 95.4 Å². The van der Waals surface area contributed by atoms with Crippen molar-refractivity contribution in [3.05, 3.63) is 64.2 Å². The quantitative estimate of drug-likeness (QED) is 0.352. The Kier molecular flexibility index (Phi) is 8.21. The molecule has 0 amide bonds. The first-order chi connectivity index (χ1) is 16.8. The molecule has 2 aromatic rings. The summed E-state index contributed by atoms with van der Waals surface area (Å²) in [6, 6.07) is 13.4. The molecule has 1 aliphatic heterocycles. The van der Waals surface area contributed by atoms with Gasteiger partial charge in [-0.25, -0.2) is 0 Å². The summed E-state index contributed by atoms with van der Waals surface area (Å²) in [5.74, 6) is 6.35. The maximum Gasteiger partial charge on any atom is 0.495 e. The molecule has 1 aliphatic rings. The van der Waals surface area contributed by atoms with Gasteiger partial charge in [0.05, 0.1) is 11.2 Å². The Balaban J connectivity index is 1.99. The molecule has 0 unspecified atom stereocenters. The van der Waals surface area contributed by atoms with E-state index in [1.807, 2.05) is 13.8 Å². The number of benzene rings is 2. The Hall–Kier alpha value is -2.06. The molecule has 0 spiro atoms. The van der Waals surface area contributed by atoms with Crippen LogP contribution >= 0.6 is 0 Å². The third-order valence-electron chi connectivity index (χ3n) is 8.92. The molecule has 0 radical (unpaired) electrons. The Morgan fingerprint density at radius 1 is 0.778 bits per heavy atom. The molecule has 2 aromatic carbocycles. The molecule has 3 nitrogen and oxygen atoms in total. The molecule has 1 N–H and O–H groups in total. The monoisotopic (exact) mass is 488 g/mol. The predicted octanol–water partition coefficient (Wildman–Crippen LogP) is 6.61. The van der Waals surface area contributed by atoms with Crippen LogP contribution in [-0.2, 0) is 14.7 Å². The summed E-state index contributed by atoms with van der Waals surface area (Å²) in [5.41, 5.74) is 5.31. The van der Waals surface area contributed by atoms with Crippen LogP contribution in [0.3, 0.4) is 0 Å². The topological polar surface area (TPSA) is 38.7 Å². The van der Waals surface area contributed by atoms with E-state index in [1.165, 1.54) is 16.7 Å². The fourth-order valence-electron chi connectivity index (χ4n) is 5.15. The van der Waals surface area contributed by atoms with E-state index >= 15 is 0 Å². The zero-order valence-corrected chi connectivity index (χ0v) is 24.1. The van der Waals surface area contributed by atoms with Crippen molar-refractivity contribution in [1.29, 1.82) is 0 Å². The van der Waals surface area contributed by atoms with Crippen LogP contribution in [0.1, 0.15) is 109 Å². The number of hydrogen-bond acceptors (Lipinski definition) is 3. The highest BCUT2D eigenvalue weighted by Gasteiger charge is 2.52. The van der Waals surface area contributed by atoms with Crippen molar-refractivity contribution < 1.29 is 14.4 Å². The van der Waals surface area contributed by atoms with Crippen LogP contribution in [-0.4, -0.2) is 29.0 Å². The lowest BCUT2D eigenvalue weighted by atomic mass is 9.68. The molecule has 0 saturated carbocycles. The number of aliphatic hydroxyl groups is 1. The van der Waals surface area contributed by atoms with Crippen molar-refractivity contribution in [3.8, 4) is 11.8 Å². The molecule has 0 bridgehead atoms. The Morgan fingerprint density at radius 2 is 1.28 bits per heavy atom. The van der Waals surface area contributed by atoms with E-state index < -0.39 is 5.60 Å². The lowest BCUT2D eigenvalue weighted by Crippen LogP contribution is -2.41. The van der Waals surface area contributed by atoms with Gasteiger partial charge < -0.3 is 14.4 Å². The molecule has 0 aliphatic carbocycles. The maximum absolute atomic E-state index is 10.6. The predicted molar refractivity (Wildman–Crippen MR) is 152 cm³/mol. The highest BCUT2D eigenvalue weighted by molar-refractivity contribution is 6.62. The molecule has 4 heteroatoms. The average Bonchev–Trinajstić information content (AvgIpc) is 3.06. The fourth-order valence-corrected chi connectivity index (χ4v) is 5.15. The smallest absolute Gasteiger partial charge is 0.399 e. The van der Waals surface area contributed by atoms with Gasteiger partial charge in [0.25, 0.3) is 0 Å². The summed E-state index contributed by atoms with van der Waals surface area (Å²) < 4.78 is 12.7. The van der Waals surface area contributed by atoms with Crippen LogP contribution < -0.4 is 5.46 Å². The second kappa shape index (κ2) is 10.4. The molecule has 1 heterocycles. The second-order valence-electron chi connectivity index (χ2n) is 11.5. The van der Waals surface area contributed by atoms with E-state index in [9.17, 15) is 5.11 Å². The molecule has 1 fully saturated rings. The van der Waals surface area contributed by atoms with E-state index in [-0.39, 0.29) is 23.7 Å². The molecule has 1 saturated heterocycles. The molecular formula is C32H45BO3. The Morgan fingerprint density at radius 3 is 1.72 bits per heavy atom. The number of aryl methyl sites for hydroxylation is 2. The SMILES string of the molecule is CCC(O)(C#Cc1ccc(C(CC)(CC)c2ccc(B3OC(C)(C)C(C)(C)O3)c(C)c2)cc1C)CC. The number of rotatable bonds is 7. The average molecular weight is 489 g/mol. The van der Waals surface area contributed by atoms with E-state index in [2.05, 4.69) is 104 Å². The summed E-state index contributed by atoms with van der Waals surface area (Å²) in [4.78, 5) is 0. The summed E-state index contributed by atoms with van der Waals surface area (Å²) >= 11 is 0. The zero-order valence-electron chi connectivity index (χ0n) is 24.1. The summed E-state index contributed by atoms with van der Waals surface area (Å²) in [7, 11) is -0.355. The van der Waals surface area contributed by atoms with Gasteiger partial charge in [0.2, 0.25) is 0 Å². The van der Waals surface area contributed by atoms with Crippen LogP contribution in [0, 0.1) is 25.7 Å². The summed E-state index contributed by atoms with van der Waals surface area (Å²) in [6.07, 6.45) is 3.25. The van der Waals surface area contributed by atoms with Gasteiger partial charge in [0.1, 0.15) is 5.60 Å². The number of hydrogen-bond donors (Lipinski definition) is 1. The van der Waals surface area contributed by atoms with Crippen LogP contribution in [0.25, 0.3) is 0 Å². The highest BCUT2D eigenvalue weighted by atomic mass is 16.7. The molecule has 0 atom stereocenters. The minimum atomic E-state index is -0.918. The minimum Gasteiger partial charge on any atom is -0.399 e. The first kappa shape index (κ1) is 28.5. The fraction of sp³-hybridized carbons (Fsp3) is 0.562. The largest absolute Gasteiger partial charge is 0.495 e. The van der Waals surface area contributed by atoms with Gasteiger partial charge in [-0.15, -0.1) is 0 Å². The second-order valence-corrected chi connectivity index (χ2v) is 11.5. The summed E-state index contributed by atoms with van der Waals surface area (Å²) in [5, 5.41) is 10.6. The molecule has 0 aromatic heterocycles. The van der Waals surface area contributed by atoms with Gasteiger partial charge in [0, 0.05) is 11.0 Å². The van der Waals surface area contributed by atoms with Crippen LogP contribution in [0.5, 0.6) is 0 Å². The van der Waals surface area contributed by atoms with E-state index in [0.717, 1.165) is 29.4 Å². The van der Waals surface area contributed by atoms with E-state index in [0.29, 0.717) is 12.8 Å². The highest BCUT2D eigenvalue weighted by Crippen LogP contribution is 2.41. The van der Waals surface area contributed by atoms with Gasteiger partial charge in [-0.2, -0.15) is 0 Å². The van der Waals surface area contributed by atoms with Crippen molar-refractivity contribution in [1.82, 2.24) is 0 Å². The molecule has 194 valence electrons. The Bertz CT molecular complexity index is 1130. The lowest BCUT2D eigenvalue weighted by Gasteiger charge is -2.34. The first-order valence-electron chi connectivity index (χ1n) is 13.6. The first-order valence-corrected chi connectivity index (χ1v) is 13.6. The van der Waals surface area contributed by atoms with Gasteiger partial charge in [-0.1, -0.05) is 75.4 Å². The summed E-state index contributed by atoms with van der Waals surface area (Å²) in [6.45, 7) is 21.2. The lowest BCUT2D eigenvalue weighted by molar-refractivity contribution is 0.00578. The molecule has 3 rings (SSSR count). The van der Waals surface area contributed by atoms with E-state index in [1.54, 1.807) is 0 Å².